The van der Waals surface area contributed by atoms with Gasteiger partial charge < -0.3 is 9.73 Å². The topological polar surface area (TPSA) is 73.0 Å². The summed E-state index contributed by atoms with van der Waals surface area (Å²) in [4.78, 5) is 21.1. The van der Waals surface area contributed by atoms with Gasteiger partial charge in [-0.15, -0.1) is 0 Å². The third-order valence-corrected chi connectivity index (χ3v) is 4.19. The molecule has 1 aromatic carbocycles. The second kappa shape index (κ2) is 6.07. The first-order valence-corrected chi connectivity index (χ1v) is 7.95. The summed E-state index contributed by atoms with van der Waals surface area (Å²) in [5.74, 6) is 1.21. The average Bonchev–Trinajstić information content (AvgIpc) is 3.24. The monoisotopic (exact) mass is 352 g/mol. The number of aromatic nitrogens is 3. The van der Waals surface area contributed by atoms with Gasteiger partial charge in [0.2, 0.25) is 0 Å². The van der Waals surface area contributed by atoms with Crippen LogP contribution in [0.3, 0.4) is 0 Å². The Bertz CT molecular complexity index is 1070. The Morgan fingerprint density at radius 3 is 2.80 bits per heavy atom. The molecule has 0 aliphatic rings. The lowest BCUT2D eigenvalue weighted by atomic mass is 10.1. The zero-order valence-corrected chi connectivity index (χ0v) is 14.0. The average molecular weight is 353 g/mol. The van der Waals surface area contributed by atoms with Gasteiger partial charge in [0.15, 0.2) is 0 Å². The Hall–Kier alpha value is -3.12. The summed E-state index contributed by atoms with van der Waals surface area (Å²) in [6.45, 7) is 1.89. The Morgan fingerprint density at radius 1 is 1.20 bits per heavy atom. The van der Waals surface area contributed by atoms with Crippen LogP contribution < -0.4 is 5.32 Å². The third-order valence-electron chi connectivity index (χ3n) is 3.88. The van der Waals surface area contributed by atoms with Crippen molar-refractivity contribution < 1.29 is 9.21 Å². The van der Waals surface area contributed by atoms with E-state index in [-0.39, 0.29) is 5.91 Å². The van der Waals surface area contributed by atoms with Crippen LogP contribution >= 0.6 is 11.6 Å². The van der Waals surface area contributed by atoms with Crippen LogP contribution in [0.5, 0.6) is 0 Å². The molecule has 0 saturated carbocycles. The maximum Gasteiger partial charge on any atom is 0.261 e. The van der Waals surface area contributed by atoms with E-state index in [4.69, 9.17) is 16.0 Å². The number of aryl methyl sites for hydroxylation is 1. The highest BCUT2D eigenvalue weighted by molar-refractivity contribution is 6.36. The van der Waals surface area contributed by atoms with Crippen LogP contribution in [0.25, 0.3) is 16.8 Å². The van der Waals surface area contributed by atoms with Crippen molar-refractivity contribution in [2.24, 2.45) is 0 Å². The van der Waals surface area contributed by atoms with Crippen molar-refractivity contribution in [3.05, 3.63) is 71.6 Å². The first kappa shape index (κ1) is 15.4. The molecule has 7 heteroatoms. The lowest BCUT2D eigenvalue weighted by Crippen LogP contribution is -2.13. The molecule has 3 aromatic heterocycles. The van der Waals surface area contributed by atoms with Gasteiger partial charge >= 0.3 is 0 Å². The number of hydrogen-bond donors (Lipinski definition) is 1. The lowest BCUT2D eigenvalue weighted by Gasteiger charge is -2.09. The molecule has 0 aliphatic carbocycles. The number of amides is 1. The van der Waals surface area contributed by atoms with E-state index in [1.807, 2.05) is 23.8 Å². The maximum absolute atomic E-state index is 12.6. The van der Waals surface area contributed by atoms with E-state index in [0.29, 0.717) is 21.9 Å². The number of carbonyl (C=O) groups is 1. The second-order valence-electron chi connectivity index (χ2n) is 5.46. The summed E-state index contributed by atoms with van der Waals surface area (Å²) in [5, 5.41) is 3.95. The summed E-state index contributed by atoms with van der Waals surface area (Å²) >= 11 is 6.18. The molecule has 25 heavy (non-hydrogen) atoms. The Balaban J connectivity index is 1.61. The van der Waals surface area contributed by atoms with Crippen molar-refractivity contribution >= 4 is 34.2 Å². The fourth-order valence-electron chi connectivity index (χ4n) is 2.64. The molecule has 6 nitrogen and oxygen atoms in total. The molecular weight excluding hydrogens is 340 g/mol. The highest BCUT2D eigenvalue weighted by Gasteiger charge is 2.17. The van der Waals surface area contributed by atoms with Crippen LogP contribution in [-0.4, -0.2) is 20.4 Å². The van der Waals surface area contributed by atoms with Crippen LogP contribution in [0.1, 0.15) is 16.2 Å². The quantitative estimate of drug-likeness (QED) is 0.599. The van der Waals surface area contributed by atoms with Crippen LogP contribution in [0.2, 0.25) is 5.02 Å². The van der Waals surface area contributed by atoms with Gasteiger partial charge in [-0.25, -0.2) is 9.97 Å². The van der Waals surface area contributed by atoms with Crippen LogP contribution in [0.4, 0.5) is 5.69 Å². The molecule has 1 N–H and O–H groups in total. The number of carbonyl (C=O) groups excluding carboxylic acids is 1. The molecule has 0 fully saturated rings. The van der Waals surface area contributed by atoms with Gasteiger partial charge in [-0.3, -0.25) is 9.36 Å². The van der Waals surface area contributed by atoms with Gasteiger partial charge in [0.05, 0.1) is 23.2 Å². The van der Waals surface area contributed by atoms with Crippen molar-refractivity contribution in [3.63, 3.8) is 0 Å². The van der Waals surface area contributed by atoms with Crippen molar-refractivity contribution in [2.75, 3.05) is 5.32 Å². The molecule has 0 aliphatic heterocycles. The van der Waals surface area contributed by atoms with Crippen molar-refractivity contribution in [1.82, 2.24) is 14.5 Å². The largest absolute Gasteiger partial charge is 0.463 e. The van der Waals surface area contributed by atoms with E-state index in [1.165, 1.54) is 6.26 Å². The first-order chi connectivity index (χ1) is 12.1. The number of nitrogens with zero attached hydrogens (tertiary/aromatic N) is 3. The maximum atomic E-state index is 12.6. The fraction of sp³-hybridized carbons (Fsp3) is 0.0556. The molecule has 0 bridgehead atoms. The van der Waals surface area contributed by atoms with E-state index in [2.05, 4.69) is 15.3 Å². The SMILES string of the molecule is Cc1nccn1-c1ccc(NC(=O)c2c(Cl)ccc3ccoc23)cn1. The number of fused-ring (bicyclic) bond motifs is 1. The minimum absolute atomic E-state index is 0.304. The molecular formula is C18H13ClN4O2. The van der Waals surface area contributed by atoms with Gasteiger partial charge in [0, 0.05) is 17.8 Å². The van der Waals surface area contributed by atoms with Gasteiger partial charge in [-0.2, -0.15) is 0 Å². The van der Waals surface area contributed by atoms with Gasteiger partial charge in [-0.05, 0) is 37.3 Å². The van der Waals surface area contributed by atoms with Crippen LogP contribution in [-0.2, 0) is 0 Å². The van der Waals surface area contributed by atoms with E-state index >= 15 is 0 Å². The number of nitrogens with one attached hydrogen (secondary N) is 1. The highest BCUT2D eigenvalue weighted by atomic mass is 35.5. The molecule has 0 spiro atoms. The lowest BCUT2D eigenvalue weighted by molar-refractivity contribution is 0.102. The second-order valence-corrected chi connectivity index (χ2v) is 5.87. The molecule has 0 atom stereocenters. The Kier molecular flexibility index (Phi) is 3.74. The zero-order valence-electron chi connectivity index (χ0n) is 13.2. The van der Waals surface area contributed by atoms with Gasteiger partial charge in [-0.1, -0.05) is 11.6 Å². The number of rotatable bonds is 3. The normalized spacial score (nSPS) is 11.0. The minimum atomic E-state index is -0.348. The number of benzene rings is 1. The summed E-state index contributed by atoms with van der Waals surface area (Å²) in [7, 11) is 0. The molecule has 0 saturated heterocycles. The summed E-state index contributed by atoms with van der Waals surface area (Å²) in [6.07, 6.45) is 6.65. The molecule has 4 aromatic rings. The van der Waals surface area contributed by atoms with E-state index in [9.17, 15) is 4.79 Å². The summed E-state index contributed by atoms with van der Waals surface area (Å²) < 4.78 is 7.25. The smallest absolute Gasteiger partial charge is 0.261 e. The predicted octanol–water partition coefficient (Wildman–Crippen LogP) is 4.23. The minimum Gasteiger partial charge on any atom is -0.463 e. The van der Waals surface area contributed by atoms with Gasteiger partial charge in [0.1, 0.15) is 22.8 Å². The standard InChI is InChI=1S/C18H13ClN4O2/c1-11-20-7-8-23(11)15-5-3-13(10-21-15)22-18(24)16-14(19)4-2-12-6-9-25-17(12)16/h2-10H,1H3,(H,22,24). The Morgan fingerprint density at radius 2 is 2.08 bits per heavy atom. The van der Waals surface area contributed by atoms with Crippen LogP contribution in [0.15, 0.2) is 59.6 Å². The van der Waals surface area contributed by atoms with E-state index in [1.54, 1.807) is 36.7 Å². The fourth-order valence-corrected chi connectivity index (χ4v) is 2.87. The van der Waals surface area contributed by atoms with E-state index < -0.39 is 0 Å². The number of anilines is 1. The molecule has 0 radical (unpaired) electrons. The number of furan rings is 1. The third kappa shape index (κ3) is 2.77. The molecule has 3 heterocycles. The first-order valence-electron chi connectivity index (χ1n) is 7.57. The molecule has 0 unspecified atom stereocenters. The molecule has 4 rings (SSSR count). The number of hydrogen-bond acceptors (Lipinski definition) is 4. The van der Waals surface area contributed by atoms with Gasteiger partial charge in [0.25, 0.3) is 5.91 Å². The zero-order chi connectivity index (χ0) is 17.4. The van der Waals surface area contributed by atoms with Crippen LogP contribution in [0, 0.1) is 6.92 Å². The molecule has 1 amide bonds. The summed E-state index contributed by atoms with van der Waals surface area (Å²) in [6, 6.07) is 8.85. The van der Waals surface area contributed by atoms with Crippen molar-refractivity contribution in [1.29, 1.82) is 0 Å². The van der Waals surface area contributed by atoms with Crippen molar-refractivity contribution in [2.45, 2.75) is 6.92 Å². The Labute approximate surface area is 148 Å². The highest BCUT2D eigenvalue weighted by Crippen LogP contribution is 2.27. The van der Waals surface area contributed by atoms with Crippen molar-refractivity contribution in [3.8, 4) is 5.82 Å². The number of imidazole rings is 1. The number of pyridine rings is 1. The predicted molar refractivity (Wildman–Crippen MR) is 95.3 cm³/mol. The van der Waals surface area contributed by atoms with E-state index in [0.717, 1.165) is 17.0 Å². The number of halogens is 1. The molecule has 124 valence electrons. The summed E-state index contributed by atoms with van der Waals surface area (Å²) in [5.41, 5.74) is 1.33.